The highest BCUT2D eigenvalue weighted by Crippen LogP contribution is 2.12. The lowest BCUT2D eigenvalue weighted by Gasteiger charge is -2.19. The topological polar surface area (TPSA) is 64.3 Å². The van der Waals surface area contributed by atoms with Gasteiger partial charge in [0.25, 0.3) is 5.56 Å². The monoisotopic (exact) mass is 413 g/mol. The molecule has 0 aliphatic heterocycles. The molecule has 1 heterocycles. The van der Waals surface area contributed by atoms with Crippen molar-refractivity contribution >= 4 is 28.4 Å². The minimum atomic E-state index is -0.499. The number of carbonyl (C=O) groups excluding carboxylic acids is 1. The Labute approximate surface area is 173 Å². The van der Waals surface area contributed by atoms with Crippen LogP contribution in [0.15, 0.2) is 58.1 Å². The molecule has 6 nitrogen and oxygen atoms in total. The molecule has 3 aromatic rings. The zero-order valence-electron chi connectivity index (χ0n) is 16.6. The number of benzene rings is 2. The Morgan fingerprint density at radius 1 is 1.03 bits per heavy atom. The van der Waals surface area contributed by atoms with Crippen molar-refractivity contribution in [1.82, 2.24) is 14.0 Å². The fourth-order valence-electron chi connectivity index (χ4n) is 3.21. The number of fused-ring (bicyclic) bond motifs is 1. The zero-order valence-corrected chi connectivity index (χ0v) is 17.4. The number of carbonyl (C=O) groups is 1. The second-order valence-electron chi connectivity index (χ2n) is 7.07. The van der Waals surface area contributed by atoms with Crippen LogP contribution in [0.2, 0.25) is 5.02 Å². The Kier molecular flexibility index (Phi) is 6.54. The molecule has 1 amide bonds. The van der Waals surface area contributed by atoms with E-state index in [9.17, 15) is 14.4 Å². The van der Waals surface area contributed by atoms with E-state index < -0.39 is 5.69 Å². The van der Waals surface area contributed by atoms with E-state index in [4.69, 9.17) is 11.6 Å². The highest BCUT2D eigenvalue weighted by atomic mass is 35.5. The van der Waals surface area contributed by atoms with Crippen LogP contribution in [0.1, 0.15) is 25.3 Å². The van der Waals surface area contributed by atoms with Gasteiger partial charge in [-0.15, -0.1) is 0 Å². The molecule has 152 valence electrons. The van der Waals surface area contributed by atoms with Gasteiger partial charge in [-0.05, 0) is 36.2 Å². The first-order valence-electron chi connectivity index (χ1n) is 9.63. The summed E-state index contributed by atoms with van der Waals surface area (Å²) in [5, 5.41) is 0.989. The summed E-state index contributed by atoms with van der Waals surface area (Å²) in [5.74, 6) is -0.164. The van der Waals surface area contributed by atoms with Crippen LogP contribution in [0.5, 0.6) is 0 Å². The number of likely N-dealkylation sites (N-methyl/N-ethyl adjacent to an activating group) is 1. The molecule has 29 heavy (non-hydrogen) atoms. The number of para-hydroxylation sites is 1. The van der Waals surface area contributed by atoms with Crippen molar-refractivity contribution in [2.24, 2.45) is 0 Å². The number of rotatable bonds is 7. The van der Waals surface area contributed by atoms with Gasteiger partial charge < -0.3 is 4.90 Å². The molecule has 0 saturated heterocycles. The van der Waals surface area contributed by atoms with Crippen LogP contribution < -0.4 is 11.2 Å². The summed E-state index contributed by atoms with van der Waals surface area (Å²) < 4.78 is 2.56. The highest BCUT2D eigenvalue weighted by molar-refractivity contribution is 6.30. The van der Waals surface area contributed by atoms with Gasteiger partial charge in [0.05, 0.1) is 17.4 Å². The number of halogens is 1. The van der Waals surface area contributed by atoms with Gasteiger partial charge in [0.15, 0.2) is 0 Å². The standard InChI is InChI=1S/C22H24ClN3O3/c1-3-4-13-24(2)20(27)15-25-19-8-6-5-7-18(19)21(28)26(22(25)29)14-16-9-11-17(23)12-10-16/h5-12H,3-4,13-15H2,1-2H3. The predicted octanol–water partition coefficient (Wildman–Crippen LogP) is 3.12. The Morgan fingerprint density at radius 2 is 1.72 bits per heavy atom. The normalized spacial score (nSPS) is 11.0. The molecule has 7 heteroatoms. The van der Waals surface area contributed by atoms with Gasteiger partial charge >= 0.3 is 5.69 Å². The molecule has 3 rings (SSSR count). The summed E-state index contributed by atoms with van der Waals surface area (Å²) in [4.78, 5) is 40.4. The smallest absolute Gasteiger partial charge is 0.332 e. The molecule has 0 radical (unpaired) electrons. The van der Waals surface area contributed by atoms with Crippen molar-refractivity contribution in [3.8, 4) is 0 Å². The van der Waals surface area contributed by atoms with Gasteiger partial charge in [0.1, 0.15) is 6.54 Å². The summed E-state index contributed by atoms with van der Waals surface area (Å²) in [6, 6.07) is 13.9. The summed E-state index contributed by atoms with van der Waals surface area (Å²) in [6.45, 7) is 2.69. The summed E-state index contributed by atoms with van der Waals surface area (Å²) in [5.41, 5.74) is 0.374. The van der Waals surface area contributed by atoms with E-state index in [1.807, 2.05) is 0 Å². The largest absolute Gasteiger partial charge is 0.344 e. The molecule has 0 aliphatic rings. The minimum absolute atomic E-state index is 0.111. The number of aromatic nitrogens is 2. The third-order valence-electron chi connectivity index (χ3n) is 4.95. The Bertz CT molecular complexity index is 1130. The van der Waals surface area contributed by atoms with E-state index in [2.05, 4.69) is 6.92 Å². The van der Waals surface area contributed by atoms with Gasteiger partial charge in [-0.3, -0.25) is 18.7 Å². The summed E-state index contributed by atoms with van der Waals surface area (Å²) in [6.07, 6.45) is 1.88. The molecular weight excluding hydrogens is 390 g/mol. The van der Waals surface area contributed by atoms with Gasteiger partial charge in [-0.1, -0.05) is 49.2 Å². The average molecular weight is 414 g/mol. The lowest BCUT2D eigenvalue weighted by atomic mass is 10.2. The van der Waals surface area contributed by atoms with Crippen LogP contribution in [0, 0.1) is 0 Å². The SMILES string of the molecule is CCCCN(C)C(=O)Cn1c(=O)n(Cc2ccc(Cl)cc2)c(=O)c2ccccc21. The number of amides is 1. The molecule has 0 N–H and O–H groups in total. The third-order valence-corrected chi connectivity index (χ3v) is 5.20. The summed E-state index contributed by atoms with van der Waals surface area (Å²) in [7, 11) is 1.73. The van der Waals surface area contributed by atoms with Crippen LogP contribution in [0.25, 0.3) is 10.9 Å². The van der Waals surface area contributed by atoms with Gasteiger partial charge in [-0.2, -0.15) is 0 Å². The van der Waals surface area contributed by atoms with Gasteiger partial charge in [0, 0.05) is 18.6 Å². The first-order valence-corrected chi connectivity index (χ1v) is 10.0. The molecule has 2 aromatic carbocycles. The Hall–Kier alpha value is -2.86. The second-order valence-corrected chi connectivity index (χ2v) is 7.51. The van der Waals surface area contributed by atoms with E-state index in [-0.39, 0.29) is 24.6 Å². The van der Waals surface area contributed by atoms with Crippen molar-refractivity contribution in [3.05, 3.63) is 80.0 Å². The van der Waals surface area contributed by atoms with E-state index in [1.165, 1.54) is 9.13 Å². The van der Waals surface area contributed by atoms with Crippen LogP contribution in [-0.4, -0.2) is 33.5 Å². The molecule has 0 unspecified atom stereocenters. The molecule has 0 saturated carbocycles. The first kappa shape index (κ1) is 20.9. The number of hydrogen-bond donors (Lipinski definition) is 0. The van der Waals surface area contributed by atoms with Crippen LogP contribution in [-0.2, 0) is 17.9 Å². The first-order chi connectivity index (χ1) is 13.9. The fourth-order valence-corrected chi connectivity index (χ4v) is 3.34. The molecule has 0 fully saturated rings. The number of unbranched alkanes of at least 4 members (excludes halogenated alkanes) is 1. The number of nitrogens with zero attached hydrogens (tertiary/aromatic N) is 3. The number of hydrogen-bond acceptors (Lipinski definition) is 3. The van der Waals surface area contributed by atoms with E-state index in [1.54, 1.807) is 60.5 Å². The Morgan fingerprint density at radius 3 is 2.41 bits per heavy atom. The minimum Gasteiger partial charge on any atom is -0.344 e. The molecule has 0 bridgehead atoms. The second kappa shape index (κ2) is 9.09. The van der Waals surface area contributed by atoms with Crippen molar-refractivity contribution in [1.29, 1.82) is 0 Å². The molecular formula is C22H24ClN3O3. The van der Waals surface area contributed by atoms with Crippen molar-refractivity contribution in [2.45, 2.75) is 32.9 Å². The lowest BCUT2D eigenvalue weighted by Crippen LogP contribution is -2.43. The van der Waals surface area contributed by atoms with E-state index >= 15 is 0 Å². The maximum Gasteiger partial charge on any atom is 0.332 e. The maximum absolute atomic E-state index is 13.2. The van der Waals surface area contributed by atoms with E-state index in [0.717, 1.165) is 18.4 Å². The molecule has 0 spiro atoms. The third kappa shape index (κ3) is 4.59. The molecule has 0 aliphatic carbocycles. The van der Waals surface area contributed by atoms with E-state index in [0.29, 0.717) is 22.5 Å². The van der Waals surface area contributed by atoms with Gasteiger partial charge in [0.2, 0.25) is 5.91 Å². The quantitative estimate of drug-likeness (QED) is 0.597. The summed E-state index contributed by atoms with van der Waals surface area (Å²) >= 11 is 5.93. The van der Waals surface area contributed by atoms with Gasteiger partial charge in [-0.25, -0.2) is 4.79 Å². The lowest BCUT2D eigenvalue weighted by molar-refractivity contribution is -0.130. The van der Waals surface area contributed by atoms with Crippen LogP contribution >= 0.6 is 11.6 Å². The van der Waals surface area contributed by atoms with Crippen molar-refractivity contribution in [3.63, 3.8) is 0 Å². The van der Waals surface area contributed by atoms with Crippen molar-refractivity contribution in [2.75, 3.05) is 13.6 Å². The van der Waals surface area contributed by atoms with Crippen molar-refractivity contribution < 1.29 is 4.79 Å². The predicted molar refractivity (Wildman–Crippen MR) is 116 cm³/mol. The maximum atomic E-state index is 13.2. The Balaban J connectivity index is 2.06. The highest BCUT2D eigenvalue weighted by Gasteiger charge is 2.17. The van der Waals surface area contributed by atoms with Crippen LogP contribution in [0.3, 0.4) is 0 Å². The van der Waals surface area contributed by atoms with Crippen LogP contribution in [0.4, 0.5) is 0 Å². The fraction of sp³-hybridized carbons (Fsp3) is 0.318. The zero-order chi connectivity index (χ0) is 21.0. The molecule has 0 atom stereocenters. The molecule has 1 aromatic heterocycles. The average Bonchev–Trinajstić information content (AvgIpc) is 2.73.